The number of hydrogen-bond donors (Lipinski definition) is 1. The summed E-state index contributed by atoms with van der Waals surface area (Å²) in [5, 5.41) is 0. The monoisotopic (exact) mass is 284 g/mol. The summed E-state index contributed by atoms with van der Waals surface area (Å²) in [7, 11) is 0. The lowest BCUT2D eigenvalue weighted by atomic mass is 9.98. The van der Waals surface area contributed by atoms with Gasteiger partial charge in [-0.1, -0.05) is 6.07 Å². The molecule has 0 aromatic heterocycles. The van der Waals surface area contributed by atoms with Gasteiger partial charge in [0.1, 0.15) is 0 Å². The molecule has 0 spiro atoms. The molecular formula is C14H21ClN2S. The maximum Gasteiger partial charge on any atom is 0.0419 e. The number of hydrogen-bond acceptors (Lipinski definition) is 3. The van der Waals surface area contributed by atoms with Gasteiger partial charge in [-0.05, 0) is 54.4 Å². The van der Waals surface area contributed by atoms with Crippen molar-refractivity contribution in [1.29, 1.82) is 0 Å². The van der Waals surface area contributed by atoms with Crippen LogP contribution in [0.25, 0.3) is 0 Å². The van der Waals surface area contributed by atoms with Crippen molar-refractivity contribution in [3.05, 3.63) is 23.8 Å². The van der Waals surface area contributed by atoms with Crippen LogP contribution in [0.3, 0.4) is 0 Å². The molecule has 1 atom stereocenters. The second kappa shape index (κ2) is 6.07. The molecule has 0 bridgehead atoms. The van der Waals surface area contributed by atoms with Crippen molar-refractivity contribution in [3.8, 4) is 0 Å². The summed E-state index contributed by atoms with van der Waals surface area (Å²) in [6.45, 7) is 2.43. The molecule has 2 N–H and O–H groups in total. The zero-order valence-corrected chi connectivity index (χ0v) is 12.2. The quantitative estimate of drug-likeness (QED) is 0.846. The van der Waals surface area contributed by atoms with Crippen molar-refractivity contribution in [2.75, 3.05) is 35.2 Å². The van der Waals surface area contributed by atoms with Gasteiger partial charge < -0.3 is 10.6 Å². The van der Waals surface area contributed by atoms with E-state index in [0.29, 0.717) is 0 Å². The fourth-order valence-electron chi connectivity index (χ4n) is 2.96. The molecule has 2 heterocycles. The minimum Gasteiger partial charge on any atom is -0.398 e. The van der Waals surface area contributed by atoms with Crippen molar-refractivity contribution in [2.24, 2.45) is 5.92 Å². The smallest absolute Gasteiger partial charge is 0.0419 e. The van der Waals surface area contributed by atoms with E-state index in [1.807, 2.05) is 6.07 Å². The number of fused-ring (bicyclic) bond motifs is 1. The van der Waals surface area contributed by atoms with Gasteiger partial charge in [0.25, 0.3) is 0 Å². The van der Waals surface area contributed by atoms with Crippen molar-refractivity contribution in [1.82, 2.24) is 0 Å². The van der Waals surface area contributed by atoms with Gasteiger partial charge in [0.2, 0.25) is 0 Å². The van der Waals surface area contributed by atoms with Crippen LogP contribution in [0.4, 0.5) is 11.4 Å². The summed E-state index contributed by atoms with van der Waals surface area (Å²) in [6, 6.07) is 6.37. The molecule has 0 aliphatic carbocycles. The van der Waals surface area contributed by atoms with Crippen LogP contribution in [0.1, 0.15) is 18.4 Å². The van der Waals surface area contributed by atoms with Crippen LogP contribution >= 0.6 is 24.2 Å². The normalized spacial score (nSPS) is 22.4. The summed E-state index contributed by atoms with van der Waals surface area (Å²) < 4.78 is 0. The third-order valence-electron chi connectivity index (χ3n) is 3.89. The van der Waals surface area contributed by atoms with E-state index in [1.165, 1.54) is 48.7 Å². The second-order valence-corrected chi connectivity index (χ2v) is 6.27. The molecular weight excluding hydrogens is 264 g/mol. The fraction of sp³-hybridized carbons (Fsp3) is 0.571. The Kier molecular flexibility index (Phi) is 4.68. The van der Waals surface area contributed by atoms with E-state index < -0.39 is 0 Å². The molecule has 1 aromatic carbocycles. The van der Waals surface area contributed by atoms with Gasteiger partial charge in [0.15, 0.2) is 0 Å². The maximum absolute atomic E-state index is 6.08. The topological polar surface area (TPSA) is 29.3 Å². The highest BCUT2D eigenvalue weighted by atomic mass is 35.5. The van der Waals surface area contributed by atoms with Crippen LogP contribution in [0, 0.1) is 5.92 Å². The fourth-order valence-corrected chi connectivity index (χ4v) is 4.23. The van der Waals surface area contributed by atoms with E-state index in [4.69, 9.17) is 5.73 Å². The Hall–Kier alpha value is -0.540. The van der Waals surface area contributed by atoms with Gasteiger partial charge in [0, 0.05) is 24.5 Å². The third-order valence-corrected chi connectivity index (χ3v) is 5.12. The average molecular weight is 285 g/mol. The summed E-state index contributed by atoms with van der Waals surface area (Å²) in [5.74, 6) is 3.57. The lowest BCUT2D eigenvalue weighted by molar-refractivity contribution is 0.555. The zero-order chi connectivity index (χ0) is 11.7. The van der Waals surface area contributed by atoms with Crippen LogP contribution in [-0.2, 0) is 6.42 Å². The van der Waals surface area contributed by atoms with Crippen molar-refractivity contribution >= 4 is 35.5 Å². The van der Waals surface area contributed by atoms with Crippen LogP contribution in [-0.4, -0.2) is 24.6 Å². The Balaban J connectivity index is 0.00000120. The highest BCUT2D eigenvalue weighted by molar-refractivity contribution is 7.99. The number of thioether (sulfide) groups is 1. The van der Waals surface area contributed by atoms with Crippen molar-refractivity contribution in [3.63, 3.8) is 0 Å². The molecule has 1 saturated heterocycles. The minimum atomic E-state index is 0. The van der Waals surface area contributed by atoms with Crippen LogP contribution in [0.5, 0.6) is 0 Å². The molecule has 18 heavy (non-hydrogen) atoms. The first kappa shape index (κ1) is 13.9. The van der Waals surface area contributed by atoms with E-state index in [1.54, 1.807) is 0 Å². The number of nitrogen functional groups attached to an aromatic ring is 1. The number of halogens is 1. The standard InChI is InChI=1S/C14H20N2S.ClH/c15-13-4-1-5-14-12(13)3-2-7-16(14)9-11-6-8-17-10-11;/h1,4-5,11H,2-3,6-10,15H2;1H. The molecule has 2 aliphatic rings. The Labute approximate surface area is 120 Å². The zero-order valence-electron chi connectivity index (χ0n) is 10.6. The maximum atomic E-state index is 6.08. The van der Waals surface area contributed by atoms with Crippen LogP contribution in [0.2, 0.25) is 0 Å². The predicted octanol–water partition coefficient (Wildman–Crippen LogP) is 3.20. The van der Waals surface area contributed by atoms with Gasteiger partial charge in [0.05, 0.1) is 0 Å². The highest BCUT2D eigenvalue weighted by Gasteiger charge is 2.23. The molecule has 1 aromatic rings. The molecule has 2 nitrogen and oxygen atoms in total. The molecule has 1 fully saturated rings. The van der Waals surface area contributed by atoms with Gasteiger partial charge in [-0.15, -0.1) is 12.4 Å². The van der Waals surface area contributed by atoms with Crippen molar-refractivity contribution in [2.45, 2.75) is 19.3 Å². The molecule has 3 rings (SSSR count). The SMILES string of the molecule is Cl.Nc1cccc2c1CCCN2CC1CCSC1. The highest BCUT2D eigenvalue weighted by Crippen LogP contribution is 2.33. The lowest BCUT2D eigenvalue weighted by Gasteiger charge is -2.33. The first-order valence-corrected chi connectivity index (χ1v) is 7.70. The second-order valence-electron chi connectivity index (χ2n) is 5.12. The molecule has 1 unspecified atom stereocenters. The molecule has 0 amide bonds. The number of nitrogens with zero attached hydrogens (tertiary/aromatic N) is 1. The Bertz CT molecular complexity index is 405. The van der Waals surface area contributed by atoms with E-state index in [-0.39, 0.29) is 12.4 Å². The van der Waals surface area contributed by atoms with Gasteiger partial charge in [-0.2, -0.15) is 11.8 Å². The summed E-state index contributed by atoms with van der Waals surface area (Å²) in [6.07, 6.45) is 3.79. The van der Waals surface area contributed by atoms with Gasteiger partial charge in [-0.25, -0.2) is 0 Å². The molecule has 100 valence electrons. The first-order valence-electron chi connectivity index (χ1n) is 6.54. The molecule has 0 radical (unpaired) electrons. The van der Waals surface area contributed by atoms with Crippen molar-refractivity contribution < 1.29 is 0 Å². The Morgan fingerprint density at radius 3 is 3.06 bits per heavy atom. The van der Waals surface area contributed by atoms with Crippen LogP contribution in [0.15, 0.2) is 18.2 Å². The summed E-state index contributed by atoms with van der Waals surface area (Å²) in [5.41, 5.74) is 9.84. The number of nitrogens with two attached hydrogens (primary N) is 1. The van der Waals surface area contributed by atoms with E-state index >= 15 is 0 Å². The van der Waals surface area contributed by atoms with Crippen LogP contribution < -0.4 is 10.6 Å². The predicted molar refractivity (Wildman–Crippen MR) is 84.1 cm³/mol. The molecule has 0 saturated carbocycles. The van der Waals surface area contributed by atoms with E-state index in [9.17, 15) is 0 Å². The average Bonchev–Trinajstić information content (AvgIpc) is 2.83. The third kappa shape index (κ3) is 2.72. The van der Waals surface area contributed by atoms with E-state index in [2.05, 4.69) is 28.8 Å². The minimum absolute atomic E-state index is 0. The van der Waals surface area contributed by atoms with E-state index in [0.717, 1.165) is 18.0 Å². The molecule has 2 aliphatic heterocycles. The molecule has 4 heteroatoms. The first-order chi connectivity index (χ1) is 8.34. The summed E-state index contributed by atoms with van der Waals surface area (Å²) >= 11 is 2.10. The van der Waals surface area contributed by atoms with Gasteiger partial charge >= 0.3 is 0 Å². The Morgan fingerprint density at radius 2 is 2.28 bits per heavy atom. The van der Waals surface area contributed by atoms with Gasteiger partial charge in [-0.3, -0.25) is 0 Å². The Morgan fingerprint density at radius 1 is 1.39 bits per heavy atom. The summed E-state index contributed by atoms with van der Waals surface area (Å²) in [4.78, 5) is 2.56. The lowest BCUT2D eigenvalue weighted by Crippen LogP contribution is -2.34. The number of anilines is 2. The largest absolute Gasteiger partial charge is 0.398 e. The number of rotatable bonds is 2. The number of benzene rings is 1.